The number of H-pyrrole nitrogens is 1. The van der Waals surface area contributed by atoms with Crippen LogP contribution >= 0.6 is 15.9 Å². The number of amides is 1. The summed E-state index contributed by atoms with van der Waals surface area (Å²) in [7, 11) is 0. The summed E-state index contributed by atoms with van der Waals surface area (Å²) in [6.45, 7) is 1.73. The molecule has 104 valence electrons. The van der Waals surface area contributed by atoms with Crippen LogP contribution in [0.2, 0.25) is 0 Å². The number of hydrogen-bond donors (Lipinski definition) is 2. The Morgan fingerprint density at radius 2 is 2.10 bits per heavy atom. The summed E-state index contributed by atoms with van der Waals surface area (Å²) in [5.41, 5.74) is 0.559. The van der Waals surface area contributed by atoms with Crippen LogP contribution in [0.3, 0.4) is 0 Å². The molecule has 2 N–H and O–H groups in total. The summed E-state index contributed by atoms with van der Waals surface area (Å²) in [6, 6.07) is 7.54. The summed E-state index contributed by atoms with van der Waals surface area (Å²) < 4.78 is 14.2. The highest BCUT2D eigenvalue weighted by Crippen LogP contribution is 2.15. The first kappa shape index (κ1) is 14.5. The van der Waals surface area contributed by atoms with E-state index in [1.807, 2.05) is 0 Å². The maximum Gasteiger partial charge on any atom is 0.260 e. The molecule has 0 unspecified atom stereocenters. The number of aryl methyl sites for hydroxylation is 1. The molecule has 0 radical (unpaired) electrons. The van der Waals surface area contributed by atoms with Gasteiger partial charge < -0.3 is 10.3 Å². The first-order valence-electron chi connectivity index (χ1n) is 5.89. The minimum Gasteiger partial charge on any atom is -0.348 e. The molecule has 1 aromatic carbocycles. The number of rotatable bonds is 3. The number of benzene rings is 1. The molecule has 0 saturated heterocycles. The number of carbonyl (C=O) groups excluding carboxylic acids is 1. The minimum absolute atomic E-state index is 0.00556. The van der Waals surface area contributed by atoms with Crippen LogP contribution in [0.25, 0.3) is 0 Å². The van der Waals surface area contributed by atoms with E-state index >= 15 is 0 Å². The molecular weight excluding hydrogens is 327 g/mol. The predicted octanol–water partition coefficient (Wildman–Crippen LogP) is 2.51. The molecule has 0 aliphatic heterocycles. The molecule has 4 nitrogen and oxygen atoms in total. The Kier molecular flexibility index (Phi) is 4.34. The number of hydrogen-bond acceptors (Lipinski definition) is 2. The van der Waals surface area contributed by atoms with E-state index in [1.54, 1.807) is 25.1 Å². The maximum absolute atomic E-state index is 13.5. The highest BCUT2D eigenvalue weighted by atomic mass is 79.9. The van der Waals surface area contributed by atoms with Gasteiger partial charge in [-0.2, -0.15) is 0 Å². The van der Waals surface area contributed by atoms with Gasteiger partial charge in [0.1, 0.15) is 11.4 Å². The predicted molar refractivity (Wildman–Crippen MR) is 77.1 cm³/mol. The van der Waals surface area contributed by atoms with Crippen molar-refractivity contribution in [1.29, 1.82) is 0 Å². The molecule has 0 atom stereocenters. The van der Waals surface area contributed by atoms with Gasteiger partial charge in [0, 0.05) is 22.3 Å². The van der Waals surface area contributed by atoms with Gasteiger partial charge in [0.05, 0.1) is 0 Å². The van der Waals surface area contributed by atoms with Crippen LogP contribution < -0.4 is 10.9 Å². The summed E-state index contributed by atoms with van der Waals surface area (Å²) in [5.74, 6) is -0.947. The van der Waals surface area contributed by atoms with Crippen molar-refractivity contribution in [3.63, 3.8) is 0 Å². The monoisotopic (exact) mass is 338 g/mol. The van der Waals surface area contributed by atoms with Gasteiger partial charge in [-0.25, -0.2) is 4.39 Å². The van der Waals surface area contributed by atoms with Gasteiger partial charge in [-0.05, 0) is 37.3 Å². The van der Waals surface area contributed by atoms with Crippen LogP contribution in [0, 0.1) is 12.7 Å². The Labute approximate surface area is 123 Å². The van der Waals surface area contributed by atoms with E-state index in [2.05, 4.69) is 26.2 Å². The van der Waals surface area contributed by atoms with Crippen LogP contribution in [-0.4, -0.2) is 10.9 Å². The topological polar surface area (TPSA) is 62.0 Å². The lowest BCUT2D eigenvalue weighted by Gasteiger charge is -2.07. The second-order valence-electron chi connectivity index (χ2n) is 4.30. The van der Waals surface area contributed by atoms with Crippen molar-refractivity contribution in [2.45, 2.75) is 13.5 Å². The van der Waals surface area contributed by atoms with Gasteiger partial charge in [0.2, 0.25) is 0 Å². The highest BCUT2D eigenvalue weighted by Gasteiger charge is 2.11. The summed E-state index contributed by atoms with van der Waals surface area (Å²) in [6.07, 6.45) is 0. The highest BCUT2D eigenvalue weighted by molar-refractivity contribution is 9.10. The molecule has 0 bridgehead atoms. The zero-order chi connectivity index (χ0) is 14.7. The lowest BCUT2D eigenvalue weighted by atomic mass is 10.2. The van der Waals surface area contributed by atoms with E-state index < -0.39 is 17.3 Å². The molecule has 2 aromatic rings. The van der Waals surface area contributed by atoms with E-state index in [9.17, 15) is 14.0 Å². The van der Waals surface area contributed by atoms with E-state index in [1.165, 1.54) is 12.1 Å². The third kappa shape index (κ3) is 3.33. The second kappa shape index (κ2) is 6.00. The van der Waals surface area contributed by atoms with Crippen LogP contribution in [0.1, 0.15) is 21.6 Å². The van der Waals surface area contributed by atoms with Crippen molar-refractivity contribution >= 4 is 21.8 Å². The molecule has 20 heavy (non-hydrogen) atoms. The van der Waals surface area contributed by atoms with Gasteiger partial charge in [-0.1, -0.05) is 15.9 Å². The first-order valence-corrected chi connectivity index (χ1v) is 6.69. The normalized spacial score (nSPS) is 10.3. The largest absolute Gasteiger partial charge is 0.348 e. The first-order chi connectivity index (χ1) is 9.47. The summed E-state index contributed by atoms with van der Waals surface area (Å²) >= 11 is 3.23. The standard InChI is InChI=1S/C14H12BrFN2O2/c1-8-2-4-11(14(20)18-8)13(19)17-7-9-6-10(15)3-5-12(9)16/h2-6H,7H2,1H3,(H,17,19)(H,18,20). The lowest BCUT2D eigenvalue weighted by molar-refractivity contribution is 0.0949. The Hall–Kier alpha value is -1.95. The molecular formula is C14H12BrFN2O2. The number of aromatic amines is 1. The molecule has 6 heteroatoms. The fourth-order valence-corrected chi connectivity index (χ4v) is 2.11. The zero-order valence-corrected chi connectivity index (χ0v) is 12.3. The molecule has 0 aliphatic rings. The van der Waals surface area contributed by atoms with Crippen molar-refractivity contribution in [3.8, 4) is 0 Å². The average molecular weight is 339 g/mol. The van der Waals surface area contributed by atoms with Gasteiger partial charge in [-0.3, -0.25) is 9.59 Å². The van der Waals surface area contributed by atoms with Gasteiger partial charge >= 0.3 is 0 Å². The minimum atomic E-state index is -0.536. The number of carbonyl (C=O) groups is 1. The third-order valence-corrected chi connectivity index (χ3v) is 3.24. The van der Waals surface area contributed by atoms with E-state index in [0.29, 0.717) is 11.3 Å². The van der Waals surface area contributed by atoms with Crippen molar-refractivity contribution in [2.24, 2.45) is 0 Å². The Morgan fingerprint density at radius 1 is 1.35 bits per heavy atom. The molecule has 1 amide bonds. The lowest BCUT2D eigenvalue weighted by Crippen LogP contribution is -2.29. The molecule has 1 heterocycles. The van der Waals surface area contributed by atoms with E-state index in [0.717, 1.165) is 4.47 Å². The van der Waals surface area contributed by atoms with Crippen molar-refractivity contribution < 1.29 is 9.18 Å². The van der Waals surface area contributed by atoms with Crippen LogP contribution in [0.4, 0.5) is 4.39 Å². The second-order valence-corrected chi connectivity index (χ2v) is 5.22. The number of halogens is 2. The van der Waals surface area contributed by atoms with Gasteiger partial charge in [0.15, 0.2) is 0 Å². The Morgan fingerprint density at radius 3 is 2.80 bits per heavy atom. The van der Waals surface area contributed by atoms with E-state index in [-0.39, 0.29) is 12.1 Å². The van der Waals surface area contributed by atoms with E-state index in [4.69, 9.17) is 0 Å². The van der Waals surface area contributed by atoms with Gasteiger partial charge in [-0.15, -0.1) is 0 Å². The van der Waals surface area contributed by atoms with Crippen LogP contribution in [0.15, 0.2) is 39.6 Å². The van der Waals surface area contributed by atoms with Crippen LogP contribution in [0.5, 0.6) is 0 Å². The number of pyridine rings is 1. The average Bonchev–Trinajstić information content (AvgIpc) is 2.39. The zero-order valence-electron chi connectivity index (χ0n) is 10.7. The fraction of sp³-hybridized carbons (Fsp3) is 0.143. The molecule has 2 rings (SSSR count). The van der Waals surface area contributed by atoms with Gasteiger partial charge in [0.25, 0.3) is 11.5 Å². The molecule has 1 aromatic heterocycles. The van der Waals surface area contributed by atoms with Crippen molar-refractivity contribution in [1.82, 2.24) is 10.3 Å². The number of nitrogens with one attached hydrogen (secondary N) is 2. The molecule has 0 aliphatic carbocycles. The smallest absolute Gasteiger partial charge is 0.260 e. The SMILES string of the molecule is Cc1ccc(C(=O)NCc2cc(Br)ccc2F)c(=O)[nH]1. The number of aromatic nitrogens is 1. The molecule has 0 saturated carbocycles. The quantitative estimate of drug-likeness (QED) is 0.903. The molecule has 0 fully saturated rings. The maximum atomic E-state index is 13.5. The Bertz CT molecular complexity index is 713. The Balaban J connectivity index is 2.12. The fourth-order valence-electron chi connectivity index (χ4n) is 1.70. The summed E-state index contributed by atoms with van der Waals surface area (Å²) in [5, 5.41) is 2.52. The molecule has 0 spiro atoms. The summed E-state index contributed by atoms with van der Waals surface area (Å²) in [4.78, 5) is 26.0. The van der Waals surface area contributed by atoms with Crippen molar-refractivity contribution in [2.75, 3.05) is 0 Å². The van der Waals surface area contributed by atoms with Crippen LogP contribution in [-0.2, 0) is 6.54 Å². The third-order valence-electron chi connectivity index (χ3n) is 2.75. The van der Waals surface area contributed by atoms with Crippen molar-refractivity contribution in [3.05, 3.63) is 67.8 Å².